The number of carbonyl (C=O) groups is 4. The lowest BCUT2D eigenvalue weighted by molar-refractivity contribution is -0.148. The Bertz CT molecular complexity index is 1110. The van der Waals surface area contributed by atoms with Gasteiger partial charge in [0.2, 0.25) is 5.91 Å². The lowest BCUT2D eigenvalue weighted by Gasteiger charge is -2.30. The van der Waals surface area contributed by atoms with E-state index in [0.717, 1.165) is 10.5 Å². The molecule has 9 heteroatoms. The lowest BCUT2D eigenvalue weighted by atomic mass is 10.0. The van der Waals surface area contributed by atoms with Crippen LogP contribution in [0.5, 0.6) is 0 Å². The summed E-state index contributed by atoms with van der Waals surface area (Å²) in [5, 5.41) is 2.42. The number of thioether (sulfide) groups is 1. The van der Waals surface area contributed by atoms with Crippen molar-refractivity contribution in [3.05, 3.63) is 60.2 Å². The fourth-order valence-corrected chi connectivity index (χ4v) is 5.72. The summed E-state index contributed by atoms with van der Waals surface area (Å²) >= 11 is 1.47. The van der Waals surface area contributed by atoms with Crippen LogP contribution < -0.4 is 10.2 Å². The molecule has 1 N–H and O–H groups in total. The lowest BCUT2D eigenvalue weighted by Crippen LogP contribution is -2.54. The van der Waals surface area contributed by atoms with E-state index in [1.54, 1.807) is 4.90 Å². The number of benzene rings is 2. The van der Waals surface area contributed by atoms with E-state index < -0.39 is 29.3 Å². The van der Waals surface area contributed by atoms with E-state index in [2.05, 4.69) is 5.32 Å². The zero-order chi connectivity index (χ0) is 24.9. The molecule has 0 spiro atoms. The van der Waals surface area contributed by atoms with Crippen LogP contribution in [0.25, 0.3) is 0 Å². The van der Waals surface area contributed by atoms with Gasteiger partial charge in [-0.3, -0.25) is 19.2 Å². The number of ether oxygens (including phenoxy) is 1. The smallest absolute Gasteiger partial charge is 0.306 e. The largest absolute Gasteiger partial charge is 0.452 e. The van der Waals surface area contributed by atoms with E-state index in [4.69, 9.17) is 4.74 Å². The summed E-state index contributed by atoms with van der Waals surface area (Å²) in [5.41, 5.74) is 1.50. The molecule has 0 aromatic heterocycles. The third-order valence-electron chi connectivity index (χ3n) is 6.26. The highest BCUT2D eigenvalue weighted by Gasteiger charge is 2.42. The maximum absolute atomic E-state index is 14.1. The molecular formula is C26H29N3O5S. The number of amides is 3. The van der Waals surface area contributed by atoms with E-state index >= 15 is 0 Å². The number of para-hydroxylation sites is 1. The Hall–Kier alpha value is -3.33. The van der Waals surface area contributed by atoms with Gasteiger partial charge in [-0.25, -0.2) is 0 Å². The molecule has 2 aromatic carbocycles. The van der Waals surface area contributed by atoms with Crippen molar-refractivity contribution < 1.29 is 23.9 Å². The number of nitrogens with one attached hydrogen (secondary N) is 1. The molecule has 35 heavy (non-hydrogen) atoms. The van der Waals surface area contributed by atoms with Crippen molar-refractivity contribution in [3.8, 4) is 0 Å². The van der Waals surface area contributed by atoms with Crippen LogP contribution >= 0.6 is 11.8 Å². The number of hydrogen-bond donors (Lipinski definition) is 1. The number of hydrogen-bond acceptors (Lipinski definition) is 6. The highest BCUT2D eigenvalue weighted by molar-refractivity contribution is 7.99. The second-order valence-electron chi connectivity index (χ2n) is 8.41. The van der Waals surface area contributed by atoms with Crippen LogP contribution in [-0.4, -0.2) is 60.4 Å². The summed E-state index contributed by atoms with van der Waals surface area (Å²) in [4.78, 5) is 55.7. The van der Waals surface area contributed by atoms with Crippen molar-refractivity contribution >= 4 is 41.1 Å². The van der Waals surface area contributed by atoms with E-state index in [-0.39, 0.29) is 31.2 Å². The fourth-order valence-electron chi connectivity index (χ4n) is 4.37. The molecule has 8 nitrogen and oxygen atoms in total. The topological polar surface area (TPSA) is 96.0 Å². The molecule has 1 saturated heterocycles. The van der Waals surface area contributed by atoms with Crippen molar-refractivity contribution in [3.63, 3.8) is 0 Å². The Kier molecular flexibility index (Phi) is 7.75. The first kappa shape index (κ1) is 24.8. The van der Waals surface area contributed by atoms with Gasteiger partial charge in [0, 0.05) is 30.8 Å². The summed E-state index contributed by atoms with van der Waals surface area (Å²) in [5.74, 6) is -1.48. The fraction of sp³-hybridized carbons (Fsp3) is 0.385. The molecule has 0 bridgehead atoms. The SMILES string of the molecule is CCN(CC)C(=O)CN1C(=O)[C@@H](NC(=O)[C@@H]2CCC(=O)O2)[C@@H](c2ccccc2)Sc2ccccc21. The summed E-state index contributed by atoms with van der Waals surface area (Å²) in [6.45, 7) is 4.73. The summed E-state index contributed by atoms with van der Waals surface area (Å²) in [6, 6.07) is 16.0. The van der Waals surface area contributed by atoms with Gasteiger partial charge in [0.05, 0.1) is 10.9 Å². The molecule has 4 rings (SSSR count). The summed E-state index contributed by atoms with van der Waals surface area (Å²) < 4.78 is 5.14. The first-order chi connectivity index (χ1) is 16.9. The Balaban J connectivity index is 1.73. The van der Waals surface area contributed by atoms with E-state index in [1.807, 2.05) is 68.4 Å². The number of likely N-dealkylation sites (N-methyl/N-ethyl adjacent to an activating group) is 1. The molecule has 0 radical (unpaired) electrons. The van der Waals surface area contributed by atoms with Gasteiger partial charge in [-0.15, -0.1) is 11.8 Å². The minimum absolute atomic E-state index is 0.135. The Morgan fingerprint density at radius 3 is 2.40 bits per heavy atom. The van der Waals surface area contributed by atoms with E-state index in [0.29, 0.717) is 18.8 Å². The van der Waals surface area contributed by atoms with Crippen LogP contribution in [0.3, 0.4) is 0 Å². The number of nitrogens with zero attached hydrogens (tertiary/aromatic N) is 2. The molecule has 2 aliphatic heterocycles. The van der Waals surface area contributed by atoms with Gasteiger partial charge in [-0.05, 0) is 31.5 Å². The van der Waals surface area contributed by atoms with Crippen molar-refractivity contribution in [2.45, 2.75) is 49.0 Å². The minimum Gasteiger partial charge on any atom is -0.452 e. The second-order valence-corrected chi connectivity index (χ2v) is 9.59. The summed E-state index contributed by atoms with van der Waals surface area (Å²) in [6.07, 6.45) is -0.476. The maximum atomic E-state index is 14.1. The maximum Gasteiger partial charge on any atom is 0.306 e. The number of anilines is 1. The normalized spacial score (nSPS) is 21.7. The van der Waals surface area contributed by atoms with Crippen LogP contribution in [0, 0.1) is 0 Å². The summed E-state index contributed by atoms with van der Waals surface area (Å²) in [7, 11) is 0. The van der Waals surface area contributed by atoms with Crippen LogP contribution in [0.1, 0.15) is 37.5 Å². The van der Waals surface area contributed by atoms with E-state index in [9.17, 15) is 19.2 Å². The van der Waals surface area contributed by atoms with Gasteiger partial charge in [-0.1, -0.05) is 42.5 Å². The molecule has 0 unspecified atom stereocenters. The van der Waals surface area contributed by atoms with Gasteiger partial charge in [0.15, 0.2) is 6.10 Å². The quantitative estimate of drug-likeness (QED) is 0.594. The van der Waals surface area contributed by atoms with Crippen LogP contribution in [0.2, 0.25) is 0 Å². The molecular weight excluding hydrogens is 466 g/mol. The average molecular weight is 496 g/mol. The van der Waals surface area contributed by atoms with Crippen LogP contribution in [-0.2, 0) is 23.9 Å². The molecule has 0 aliphatic carbocycles. The molecule has 0 saturated carbocycles. The van der Waals surface area contributed by atoms with Gasteiger partial charge in [0.1, 0.15) is 12.6 Å². The zero-order valence-electron chi connectivity index (χ0n) is 19.8. The van der Waals surface area contributed by atoms with Crippen LogP contribution in [0.15, 0.2) is 59.5 Å². The van der Waals surface area contributed by atoms with Gasteiger partial charge >= 0.3 is 5.97 Å². The predicted octanol–water partition coefficient (Wildman–Crippen LogP) is 2.93. The van der Waals surface area contributed by atoms with Crippen molar-refractivity contribution in [2.75, 3.05) is 24.5 Å². The average Bonchev–Trinajstić information content (AvgIpc) is 3.28. The molecule has 1 fully saturated rings. The Morgan fingerprint density at radius 1 is 1.06 bits per heavy atom. The molecule has 184 valence electrons. The standard InChI is InChI=1S/C26H29N3O5S/c1-3-28(4-2)21(30)16-29-18-12-8-9-13-20(18)35-24(17-10-6-5-7-11-17)23(26(29)33)27-25(32)19-14-15-22(31)34-19/h5-13,19,23-24H,3-4,14-16H2,1-2H3,(H,27,32)/t19-,23-,24+/m0/s1. The van der Waals surface area contributed by atoms with Gasteiger partial charge < -0.3 is 19.9 Å². The number of fused-ring (bicyclic) bond motifs is 1. The molecule has 2 aliphatic rings. The van der Waals surface area contributed by atoms with Gasteiger partial charge in [0.25, 0.3) is 11.8 Å². The molecule has 3 amide bonds. The van der Waals surface area contributed by atoms with Crippen molar-refractivity contribution in [2.24, 2.45) is 0 Å². The Morgan fingerprint density at radius 2 is 1.74 bits per heavy atom. The number of carbonyl (C=O) groups excluding carboxylic acids is 4. The highest BCUT2D eigenvalue weighted by Crippen LogP contribution is 2.45. The molecule has 3 atom stereocenters. The number of cyclic esters (lactones) is 1. The van der Waals surface area contributed by atoms with Crippen molar-refractivity contribution in [1.29, 1.82) is 0 Å². The zero-order valence-corrected chi connectivity index (χ0v) is 20.6. The second kappa shape index (κ2) is 10.9. The predicted molar refractivity (Wildman–Crippen MR) is 133 cm³/mol. The van der Waals surface area contributed by atoms with E-state index in [1.165, 1.54) is 16.7 Å². The minimum atomic E-state index is -0.967. The third kappa shape index (κ3) is 5.35. The highest BCUT2D eigenvalue weighted by atomic mass is 32.2. The first-order valence-corrected chi connectivity index (χ1v) is 12.7. The number of rotatable bonds is 7. The van der Waals surface area contributed by atoms with Crippen molar-refractivity contribution in [1.82, 2.24) is 10.2 Å². The molecule has 2 aromatic rings. The Labute approximate surface area is 209 Å². The van der Waals surface area contributed by atoms with Gasteiger partial charge in [-0.2, -0.15) is 0 Å². The third-order valence-corrected chi connectivity index (χ3v) is 7.65. The first-order valence-electron chi connectivity index (χ1n) is 11.8. The molecule has 2 heterocycles. The van der Waals surface area contributed by atoms with Crippen LogP contribution in [0.4, 0.5) is 5.69 Å². The monoisotopic (exact) mass is 495 g/mol. The number of esters is 1.